The van der Waals surface area contributed by atoms with E-state index < -0.39 is 0 Å². The average molecular weight is 367 g/mol. The van der Waals surface area contributed by atoms with E-state index in [1.165, 1.54) is 4.57 Å². The van der Waals surface area contributed by atoms with Crippen LogP contribution in [0.4, 0.5) is 5.69 Å². The molecule has 0 radical (unpaired) electrons. The molecule has 3 rings (SSSR count). The summed E-state index contributed by atoms with van der Waals surface area (Å²) < 4.78 is 3.29. The maximum absolute atomic E-state index is 12.9. The monoisotopic (exact) mass is 367 g/mol. The number of rotatable bonds is 4. The van der Waals surface area contributed by atoms with Gasteiger partial charge in [0.05, 0.1) is 11.7 Å². The molecule has 1 amide bonds. The van der Waals surface area contributed by atoms with E-state index in [1.54, 1.807) is 17.8 Å². The number of aryl methyl sites for hydroxylation is 2. The molecule has 3 aromatic rings. The number of hydrogen-bond acceptors (Lipinski definition) is 4. The van der Waals surface area contributed by atoms with E-state index in [2.05, 4.69) is 15.4 Å². The number of benzene rings is 1. The summed E-state index contributed by atoms with van der Waals surface area (Å²) in [6, 6.07) is 7.60. The summed E-state index contributed by atoms with van der Waals surface area (Å²) in [5.41, 5.74) is 1.92. The molecular weight excluding hydrogens is 342 g/mol. The van der Waals surface area contributed by atoms with Crippen molar-refractivity contribution in [3.05, 3.63) is 52.2 Å². The van der Waals surface area contributed by atoms with Gasteiger partial charge in [0.25, 0.3) is 5.56 Å². The first-order valence-corrected chi connectivity index (χ1v) is 8.99. The highest BCUT2D eigenvalue weighted by Crippen LogP contribution is 2.18. The molecule has 1 N–H and O–H groups in total. The minimum absolute atomic E-state index is 0.138. The molecule has 0 fully saturated rings. The maximum Gasteiger partial charge on any atom is 0.264 e. The summed E-state index contributed by atoms with van der Waals surface area (Å²) in [5.74, 6) is 0.434. The molecule has 0 aliphatic heterocycles. The van der Waals surface area contributed by atoms with Gasteiger partial charge in [-0.3, -0.25) is 14.2 Å². The van der Waals surface area contributed by atoms with Gasteiger partial charge < -0.3 is 5.32 Å². The first kappa shape index (κ1) is 18.8. The number of hydrogen-bond donors (Lipinski definition) is 1. The van der Waals surface area contributed by atoms with E-state index in [1.807, 2.05) is 52.0 Å². The van der Waals surface area contributed by atoms with Gasteiger partial charge in [-0.15, -0.1) is 0 Å². The molecular formula is C20H25N5O2. The summed E-state index contributed by atoms with van der Waals surface area (Å²) in [6.07, 6.45) is 1.74. The highest BCUT2D eigenvalue weighted by molar-refractivity contribution is 5.91. The first-order chi connectivity index (χ1) is 12.7. The Labute approximate surface area is 158 Å². The highest BCUT2D eigenvalue weighted by atomic mass is 16.2. The third-order valence-electron chi connectivity index (χ3n) is 4.49. The van der Waals surface area contributed by atoms with Crippen LogP contribution in [-0.4, -0.2) is 25.2 Å². The molecule has 2 heterocycles. The standard InChI is InChI=1S/C20H25N5O2/c1-13-8-6-7-9-16(13)23-17(26)10-11-24-14(2)22-18-15(19(24)27)12-21-25(18)20(3,4)5/h6-9,12H,10-11H2,1-5H3,(H,23,26). The summed E-state index contributed by atoms with van der Waals surface area (Å²) in [7, 11) is 0. The van der Waals surface area contributed by atoms with Gasteiger partial charge in [-0.1, -0.05) is 18.2 Å². The molecule has 7 heteroatoms. The van der Waals surface area contributed by atoms with E-state index >= 15 is 0 Å². The SMILES string of the molecule is Cc1ccccc1NC(=O)CCn1c(C)nc2c(cnn2C(C)(C)C)c1=O. The number of amides is 1. The minimum atomic E-state index is -0.271. The Bertz CT molecular complexity index is 1060. The summed E-state index contributed by atoms with van der Waals surface area (Å²) in [5, 5.41) is 7.69. The highest BCUT2D eigenvalue weighted by Gasteiger charge is 2.21. The normalized spacial score (nSPS) is 11.7. The maximum atomic E-state index is 12.9. The number of fused-ring (bicyclic) bond motifs is 1. The second kappa shape index (κ2) is 6.98. The van der Waals surface area contributed by atoms with Crippen LogP contribution in [0.1, 0.15) is 38.6 Å². The van der Waals surface area contributed by atoms with E-state index in [4.69, 9.17) is 0 Å². The number of aromatic nitrogens is 4. The van der Waals surface area contributed by atoms with Crippen molar-refractivity contribution in [2.24, 2.45) is 0 Å². The molecule has 0 unspecified atom stereocenters. The van der Waals surface area contributed by atoms with Gasteiger partial charge in [-0.25, -0.2) is 9.67 Å². The second-order valence-corrected chi connectivity index (χ2v) is 7.69. The predicted molar refractivity (Wildman–Crippen MR) is 106 cm³/mol. The van der Waals surface area contributed by atoms with Crippen LogP contribution in [0.15, 0.2) is 35.3 Å². The van der Waals surface area contributed by atoms with Crippen LogP contribution in [0.3, 0.4) is 0 Å². The smallest absolute Gasteiger partial charge is 0.264 e. The summed E-state index contributed by atoms with van der Waals surface area (Å²) in [6.45, 7) is 10.0. The van der Waals surface area contributed by atoms with Gasteiger partial charge >= 0.3 is 0 Å². The van der Waals surface area contributed by atoms with E-state index in [-0.39, 0.29) is 30.0 Å². The van der Waals surface area contributed by atoms with Gasteiger partial charge in [0, 0.05) is 18.7 Å². The van der Waals surface area contributed by atoms with Gasteiger partial charge in [0.15, 0.2) is 5.65 Å². The lowest BCUT2D eigenvalue weighted by Crippen LogP contribution is -2.28. The zero-order valence-corrected chi connectivity index (χ0v) is 16.4. The fraction of sp³-hybridized carbons (Fsp3) is 0.400. The van der Waals surface area contributed by atoms with E-state index in [0.717, 1.165) is 11.3 Å². The number of nitrogens with zero attached hydrogens (tertiary/aromatic N) is 4. The van der Waals surface area contributed by atoms with Crippen molar-refractivity contribution in [3.63, 3.8) is 0 Å². The third kappa shape index (κ3) is 3.77. The minimum Gasteiger partial charge on any atom is -0.326 e. The topological polar surface area (TPSA) is 81.8 Å². The molecule has 142 valence electrons. The fourth-order valence-electron chi connectivity index (χ4n) is 3.00. The number of carbonyl (C=O) groups is 1. The Balaban J connectivity index is 1.82. The van der Waals surface area contributed by atoms with E-state index in [9.17, 15) is 9.59 Å². The predicted octanol–water partition coefficient (Wildman–Crippen LogP) is 2.99. The van der Waals surface area contributed by atoms with Crippen LogP contribution in [-0.2, 0) is 16.9 Å². The quantitative estimate of drug-likeness (QED) is 0.768. The van der Waals surface area contributed by atoms with Crippen LogP contribution in [0, 0.1) is 13.8 Å². The largest absolute Gasteiger partial charge is 0.326 e. The lowest BCUT2D eigenvalue weighted by atomic mass is 10.1. The molecule has 2 aromatic heterocycles. The fourth-order valence-corrected chi connectivity index (χ4v) is 3.00. The van der Waals surface area contributed by atoms with Crippen LogP contribution in [0.25, 0.3) is 11.0 Å². The van der Waals surface area contributed by atoms with Crippen molar-refractivity contribution >= 4 is 22.6 Å². The summed E-state index contributed by atoms with van der Waals surface area (Å²) >= 11 is 0. The molecule has 0 saturated heterocycles. The number of para-hydroxylation sites is 1. The van der Waals surface area contributed by atoms with Crippen LogP contribution in [0.2, 0.25) is 0 Å². The Morgan fingerprint density at radius 1 is 1.19 bits per heavy atom. The van der Waals surface area contributed by atoms with Crippen LogP contribution < -0.4 is 10.9 Å². The van der Waals surface area contributed by atoms with Crippen molar-refractivity contribution in [3.8, 4) is 0 Å². The molecule has 1 aromatic carbocycles. The van der Waals surface area contributed by atoms with Crippen molar-refractivity contribution in [2.75, 3.05) is 5.32 Å². The Morgan fingerprint density at radius 3 is 2.56 bits per heavy atom. The number of nitrogens with one attached hydrogen (secondary N) is 1. The molecule has 0 aliphatic carbocycles. The van der Waals surface area contributed by atoms with Gasteiger partial charge in [0.1, 0.15) is 11.2 Å². The Hall–Kier alpha value is -2.96. The number of carbonyl (C=O) groups excluding carboxylic acids is 1. The number of anilines is 1. The molecule has 27 heavy (non-hydrogen) atoms. The molecule has 0 aliphatic rings. The Morgan fingerprint density at radius 2 is 1.89 bits per heavy atom. The lowest BCUT2D eigenvalue weighted by molar-refractivity contribution is -0.116. The third-order valence-corrected chi connectivity index (χ3v) is 4.49. The van der Waals surface area contributed by atoms with Gasteiger partial charge in [-0.05, 0) is 46.2 Å². The van der Waals surface area contributed by atoms with Gasteiger partial charge in [-0.2, -0.15) is 5.10 Å². The lowest BCUT2D eigenvalue weighted by Gasteiger charge is -2.20. The summed E-state index contributed by atoms with van der Waals surface area (Å²) in [4.78, 5) is 29.7. The van der Waals surface area contributed by atoms with Crippen molar-refractivity contribution in [2.45, 2.75) is 53.1 Å². The molecule has 0 bridgehead atoms. The molecule has 0 spiro atoms. The van der Waals surface area contributed by atoms with Crippen molar-refractivity contribution < 1.29 is 4.79 Å². The Kier molecular flexibility index (Phi) is 4.87. The van der Waals surface area contributed by atoms with Crippen molar-refractivity contribution in [1.29, 1.82) is 0 Å². The van der Waals surface area contributed by atoms with Crippen LogP contribution >= 0.6 is 0 Å². The average Bonchev–Trinajstić information content (AvgIpc) is 3.01. The molecule has 7 nitrogen and oxygen atoms in total. The van der Waals surface area contributed by atoms with E-state index in [0.29, 0.717) is 16.9 Å². The van der Waals surface area contributed by atoms with Gasteiger partial charge in [0.2, 0.25) is 5.91 Å². The molecule has 0 saturated carbocycles. The molecule has 0 atom stereocenters. The second-order valence-electron chi connectivity index (χ2n) is 7.69. The van der Waals surface area contributed by atoms with Crippen LogP contribution in [0.5, 0.6) is 0 Å². The first-order valence-electron chi connectivity index (χ1n) is 8.99. The zero-order chi connectivity index (χ0) is 19.8. The zero-order valence-electron chi connectivity index (χ0n) is 16.4. The van der Waals surface area contributed by atoms with Crippen molar-refractivity contribution in [1.82, 2.24) is 19.3 Å².